The van der Waals surface area contributed by atoms with Crippen LogP contribution in [-0.4, -0.2) is 48.8 Å². The van der Waals surface area contributed by atoms with Crippen molar-refractivity contribution in [3.8, 4) is 0 Å². The van der Waals surface area contributed by atoms with Crippen molar-refractivity contribution in [2.45, 2.75) is 349 Å². The van der Waals surface area contributed by atoms with Crippen LogP contribution in [0.5, 0.6) is 0 Å². The molecule has 0 N–H and O–H groups in total. The molecule has 408 valence electrons. The predicted molar refractivity (Wildman–Crippen MR) is 292 cm³/mol. The maximum atomic E-state index is 12.8. The Kier molecular flexibility index (Phi) is 58.2. The van der Waals surface area contributed by atoms with Crippen LogP contribution in [0.2, 0.25) is 0 Å². The van der Waals surface area contributed by atoms with Crippen LogP contribution in [0.15, 0.2) is 0 Å². The number of unbranched alkanes of at least 4 members (excludes halogenated alkanes) is 42. The fraction of sp³-hybridized carbons (Fsp3) is 0.918. The number of hydrogen-bond acceptors (Lipinski definition) is 8. The van der Waals surface area contributed by atoms with E-state index in [-0.39, 0.29) is 42.7 Å². The molecule has 0 aromatic heterocycles. The van der Waals surface area contributed by atoms with Crippen LogP contribution in [0.4, 0.5) is 0 Å². The van der Waals surface area contributed by atoms with E-state index in [9.17, 15) is 24.0 Å². The number of carbonyl (C=O) groups excluding carboxylic acids is 5. The molecule has 0 spiro atoms. The van der Waals surface area contributed by atoms with E-state index in [0.29, 0.717) is 19.3 Å². The van der Waals surface area contributed by atoms with Gasteiger partial charge in [0.05, 0.1) is 0 Å². The lowest BCUT2D eigenvalue weighted by Crippen LogP contribution is -2.30. The zero-order chi connectivity index (χ0) is 50.9. The summed E-state index contributed by atoms with van der Waals surface area (Å²) in [6.45, 7) is 9.21. The summed E-state index contributed by atoms with van der Waals surface area (Å²) in [5.41, 5.74) is 0. The van der Waals surface area contributed by atoms with Crippen LogP contribution >= 0.6 is 0 Å². The molecule has 0 atom stereocenters. The highest BCUT2D eigenvalue weighted by Crippen LogP contribution is 2.18. The van der Waals surface area contributed by atoms with Crippen LogP contribution in [0, 0.1) is 0 Å². The molecule has 0 aromatic carbocycles. The summed E-state index contributed by atoms with van der Waals surface area (Å²) in [5.74, 6) is -1.59. The maximum absolute atomic E-state index is 12.8. The smallest absolute Gasteiger partial charge is 0.306 e. The van der Waals surface area contributed by atoms with Crippen molar-refractivity contribution < 1.29 is 38.2 Å². The monoisotopic (exact) mass is 977 g/mol. The van der Waals surface area contributed by atoms with Crippen molar-refractivity contribution in [1.29, 1.82) is 0 Å². The minimum atomic E-state index is -0.760. The number of ether oxygens (including phenoxy) is 3. The summed E-state index contributed by atoms with van der Waals surface area (Å²) < 4.78 is 16.9. The van der Waals surface area contributed by atoms with E-state index in [1.807, 2.05) is 0 Å². The summed E-state index contributed by atoms with van der Waals surface area (Å²) in [5, 5.41) is 0. The van der Waals surface area contributed by atoms with Crippen LogP contribution in [-0.2, 0) is 38.2 Å². The average Bonchev–Trinajstić information content (AvgIpc) is 3.33. The van der Waals surface area contributed by atoms with Crippen molar-refractivity contribution >= 4 is 29.5 Å². The summed E-state index contributed by atoms with van der Waals surface area (Å²) in [6, 6.07) is 0. The molecule has 8 heteroatoms. The Morgan fingerprint density at radius 1 is 0.261 bits per heavy atom. The van der Waals surface area contributed by atoms with Crippen LogP contribution in [0.3, 0.4) is 0 Å². The molecule has 0 aliphatic heterocycles. The van der Waals surface area contributed by atoms with Crippen molar-refractivity contribution in [2.24, 2.45) is 0 Å². The summed E-state index contributed by atoms with van der Waals surface area (Å²) >= 11 is 0. The lowest BCUT2D eigenvalue weighted by molar-refractivity contribution is -0.167. The molecule has 0 amide bonds. The molecule has 8 nitrogen and oxygen atoms in total. The van der Waals surface area contributed by atoms with E-state index in [4.69, 9.17) is 14.2 Å². The average molecular weight is 978 g/mol. The van der Waals surface area contributed by atoms with E-state index in [1.54, 1.807) is 0 Å². The molecule has 0 saturated carbocycles. The van der Waals surface area contributed by atoms with Gasteiger partial charge in [-0.05, 0) is 19.3 Å². The highest BCUT2D eigenvalue weighted by molar-refractivity contribution is 6.35. The Hall–Kier alpha value is -2.25. The second-order valence-corrected chi connectivity index (χ2v) is 20.7. The van der Waals surface area contributed by atoms with Gasteiger partial charge in [-0.15, -0.1) is 0 Å². The van der Waals surface area contributed by atoms with Crippen LogP contribution < -0.4 is 0 Å². The van der Waals surface area contributed by atoms with Gasteiger partial charge in [0.15, 0.2) is 17.7 Å². The zero-order valence-corrected chi connectivity index (χ0v) is 46.7. The van der Waals surface area contributed by atoms with Gasteiger partial charge in [0, 0.05) is 33.1 Å². The lowest BCUT2D eigenvalue weighted by Gasteiger charge is -2.18. The standard InChI is InChI=1S/C57H110O6.C4H6O2/c1-4-7-10-13-16-19-22-25-28-31-34-37-40-43-46-49-55(58)61-52-54(63-57(60)51-48-45-42-39-36-33-30-27-24-21-18-15-12-9-6-3)53-62-56(59)50-47-44-41-38-35-32-29-26-23-20-17-14-11-8-5-2;1-3(5)4(2)6/h54H,4-53H2,1-3H3;1-2H3. The topological polar surface area (TPSA) is 113 Å². The number of esters is 3. The molecule has 0 aromatic rings. The second kappa shape index (κ2) is 58.3. The minimum Gasteiger partial charge on any atom is -0.462 e. The van der Waals surface area contributed by atoms with E-state index >= 15 is 0 Å². The van der Waals surface area contributed by atoms with Gasteiger partial charge in [-0.25, -0.2) is 0 Å². The number of hydrogen-bond donors (Lipinski definition) is 0. The normalized spacial score (nSPS) is 11.1. The molecule has 0 aliphatic rings. The first-order valence-corrected chi connectivity index (χ1v) is 30.2. The van der Waals surface area contributed by atoms with Crippen molar-refractivity contribution in [3.05, 3.63) is 0 Å². The van der Waals surface area contributed by atoms with Gasteiger partial charge in [-0.2, -0.15) is 0 Å². The van der Waals surface area contributed by atoms with E-state index in [0.717, 1.165) is 57.8 Å². The van der Waals surface area contributed by atoms with Crippen LogP contribution in [0.25, 0.3) is 0 Å². The maximum Gasteiger partial charge on any atom is 0.306 e. The molecule has 0 rings (SSSR count). The third-order valence-corrected chi connectivity index (χ3v) is 13.6. The highest BCUT2D eigenvalue weighted by atomic mass is 16.6. The van der Waals surface area contributed by atoms with Gasteiger partial charge in [0.1, 0.15) is 13.2 Å². The van der Waals surface area contributed by atoms with Gasteiger partial charge in [-0.1, -0.05) is 290 Å². The number of ketones is 2. The molecular weight excluding hydrogens is 861 g/mol. The molecule has 0 unspecified atom stereocenters. The van der Waals surface area contributed by atoms with Gasteiger partial charge >= 0.3 is 17.9 Å². The molecule has 0 bridgehead atoms. The SMILES string of the molecule is CC(=O)C(C)=O.CCCCCCCCCCCCCCCCCC(=O)OCC(COC(=O)CCCCCCCCCCCCCCCCC)OC(=O)CCCCCCCCCCCCCCCCC. The molecule has 0 saturated heterocycles. The largest absolute Gasteiger partial charge is 0.462 e. The van der Waals surface area contributed by atoms with E-state index in [2.05, 4.69) is 20.8 Å². The lowest BCUT2D eigenvalue weighted by atomic mass is 10.0. The predicted octanol–water partition coefficient (Wildman–Crippen LogP) is 18.9. The van der Waals surface area contributed by atoms with Crippen molar-refractivity contribution in [3.63, 3.8) is 0 Å². The molecule has 0 heterocycles. The Labute approximate surface area is 428 Å². The fourth-order valence-electron chi connectivity index (χ4n) is 8.80. The summed E-state index contributed by atoms with van der Waals surface area (Å²) in [6.07, 6.45) is 58.0. The van der Waals surface area contributed by atoms with Crippen LogP contribution in [0.1, 0.15) is 343 Å². The molecule has 69 heavy (non-hydrogen) atoms. The van der Waals surface area contributed by atoms with Gasteiger partial charge in [0.25, 0.3) is 0 Å². The fourth-order valence-corrected chi connectivity index (χ4v) is 8.80. The minimum absolute atomic E-state index is 0.0611. The Bertz CT molecular complexity index is 1060. The molecular formula is C61H116O8. The van der Waals surface area contributed by atoms with E-state index < -0.39 is 6.10 Å². The third kappa shape index (κ3) is 60.0. The van der Waals surface area contributed by atoms with Gasteiger partial charge in [0.2, 0.25) is 0 Å². The Balaban J connectivity index is 0. The van der Waals surface area contributed by atoms with E-state index in [1.165, 1.54) is 245 Å². The quantitative estimate of drug-likeness (QED) is 0.0256. The Morgan fingerprint density at radius 3 is 0.623 bits per heavy atom. The number of carbonyl (C=O) groups is 5. The van der Waals surface area contributed by atoms with Crippen molar-refractivity contribution in [1.82, 2.24) is 0 Å². The van der Waals surface area contributed by atoms with Crippen molar-refractivity contribution in [2.75, 3.05) is 13.2 Å². The number of Topliss-reactive ketones (excluding diaryl/α,β-unsaturated/α-hetero) is 2. The molecule has 0 fully saturated rings. The third-order valence-electron chi connectivity index (χ3n) is 13.6. The zero-order valence-electron chi connectivity index (χ0n) is 46.7. The van der Waals surface area contributed by atoms with Gasteiger partial charge in [-0.3, -0.25) is 24.0 Å². The highest BCUT2D eigenvalue weighted by Gasteiger charge is 2.19. The summed E-state index contributed by atoms with van der Waals surface area (Å²) in [4.78, 5) is 57.7. The first kappa shape index (κ1) is 68.8. The Morgan fingerprint density at radius 2 is 0.435 bits per heavy atom. The molecule has 0 radical (unpaired) electrons. The second-order valence-electron chi connectivity index (χ2n) is 20.7. The summed E-state index contributed by atoms with van der Waals surface area (Å²) in [7, 11) is 0. The van der Waals surface area contributed by atoms with Gasteiger partial charge < -0.3 is 14.2 Å². The first-order valence-electron chi connectivity index (χ1n) is 30.2. The molecule has 0 aliphatic carbocycles. The first-order chi connectivity index (χ1) is 33.7. The number of rotatable bonds is 54.